The summed E-state index contributed by atoms with van der Waals surface area (Å²) in [5.41, 5.74) is 2.82. The Labute approximate surface area is 153 Å². The van der Waals surface area contributed by atoms with Crippen molar-refractivity contribution < 1.29 is 4.79 Å². The maximum atomic E-state index is 12.7. The zero-order valence-electron chi connectivity index (χ0n) is 14.2. The first-order valence-corrected chi connectivity index (χ1v) is 8.35. The summed E-state index contributed by atoms with van der Waals surface area (Å²) in [6.45, 7) is 0. The third-order valence-electron chi connectivity index (χ3n) is 4.02. The van der Waals surface area contributed by atoms with Crippen LogP contribution in [0.5, 0.6) is 0 Å². The minimum Gasteiger partial charge on any atom is -0.340 e. The minimum atomic E-state index is -0.394. The second kappa shape index (κ2) is 8.46. The molecule has 0 bridgehead atoms. The van der Waals surface area contributed by atoms with Crippen molar-refractivity contribution in [2.24, 2.45) is 0 Å². The molecule has 0 radical (unpaired) electrons. The van der Waals surface area contributed by atoms with Gasteiger partial charge in [0.25, 0.3) is 5.91 Å². The number of hydrogen-bond acceptors (Lipinski definition) is 2. The van der Waals surface area contributed by atoms with Gasteiger partial charge in [-0.25, -0.2) is 0 Å². The molecule has 3 rings (SSSR count). The van der Waals surface area contributed by atoms with Crippen molar-refractivity contribution in [3.8, 4) is 6.07 Å². The molecule has 26 heavy (non-hydrogen) atoms. The van der Waals surface area contributed by atoms with E-state index in [0.717, 1.165) is 16.7 Å². The van der Waals surface area contributed by atoms with Crippen molar-refractivity contribution in [1.82, 2.24) is 5.32 Å². The SMILES string of the molecule is N#C/C(=C\c1ccccc1)C(=O)NC(c1ccccc1)c1ccccc1. The Balaban J connectivity index is 1.90. The maximum absolute atomic E-state index is 12.7. The van der Waals surface area contributed by atoms with Gasteiger partial charge < -0.3 is 5.32 Å². The van der Waals surface area contributed by atoms with E-state index in [4.69, 9.17) is 0 Å². The van der Waals surface area contributed by atoms with Crippen molar-refractivity contribution in [3.63, 3.8) is 0 Å². The second-order valence-electron chi connectivity index (χ2n) is 5.81. The molecule has 126 valence electrons. The molecule has 3 heteroatoms. The molecule has 0 saturated carbocycles. The molecule has 0 spiro atoms. The van der Waals surface area contributed by atoms with Gasteiger partial charge in [-0.15, -0.1) is 0 Å². The molecule has 0 fully saturated rings. The molecule has 3 aromatic rings. The van der Waals surface area contributed by atoms with Crippen molar-refractivity contribution in [3.05, 3.63) is 113 Å². The molecule has 0 aliphatic carbocycles. The predicted octanol–water partition coefficient (Wildman–Crippen LogP) is 4.50. The highest BCUT2D eigenvalue weighted by atomic mass is 16.1. The Morgan fingerprint density at radius 1 is 0.808 bits per heavy atom. The van der Waals surface area contributed by atoms with Crippen LogP contribution in [0.4, 0.5) is 0 Å². The molecule has 0 aromatic heterocycles. The molecular formula is C23H18N2O. The van der Waals surface area contributed by atoms with Crippen molar-refractivity contribution in [2.75, 3.05) is 0 Å². The fourth-order valence-electron chi connectivity index (χ4n) is 2.72. The van der Waals surface area contributed by atoms with E-state index in [1.807, 2.05) is 97.1 Å². The summed E-state index contributed by atoms with van der Waals surface area (Å²) in [5, 5.41) is 12.4. The lowest BCUT2D eigenvalue weighted by molar-refractivity contribution is -0.117. The van der Waals surface area contributed by atoms with Crippen LogP contribution in [0, 0.1) is 11.3 Å². The lowest BCUT2D eigenvalue weighted by atomic mass is 9.98. The lowest BCUT2D eigenvalue weighted by Gasteiger charge is -2.19. The molecular weight excluding hydrogens is 320 g/mol. The van der Waals surface area contributed by atoms with Gasteiger partial charge in [-0.2, -0.15) is 5.26 Å². The maximum Gasteiger partial charge on any atom is 0.262 e. The van der Waals surface area contributed by atoms with Gasteiger partial charge in [-0.1, -0.05) is 91.0 Å². The van der Waals surface area contributed by atoms with Crippen LogP contribution in [0.3, 0.4) is 0 Å². The van der Waals surface area contributed by atoms with Crippen LogP contribution in [0.25, 0.3) is 6.08 Å². The van der Waals surface area contributed by atoms with E-state index < -0.39 is 5.91 Å². The van der Waals surface area contributed by atoms with Gasteiger partial charge in [0.1, 0.15) is 11.6 Å². The zero-order valence-corrected chi connectivity index (χ0v) is 14.2. The van der Waals surface area contributed by atoms with Gasteiger partial charge in [-0.05, 0) is 22.8 Å². The van der Waals surface area contributed by atoms with Crippen LogP contribution in [-0.2, 0) is 4.79 Å². The highest BCUT2D eigenvalue weighted by Crippen LogP contribution is 2.22. The molecule has 3 nitrogen and oxygen atoms in total. The fourth-order valence-corrected chi connectivity index (χ4v) is 2.72. The Kier molecular flexibility index (Phi) is 5.59. The minimum absolute atomic E-state index is 0.0769. The van der Waals surface area contributed by atoms with E-state index in [1.54, 1.807) is 6.08 Å². The molecule has 0 atom stereocenters. The van der Waals surface area contributed by atoms with Gasteiger partial charge in [0.2, 0.25) is 0 Å². The first kappa shape index (κ1) is 17.2. The van der Waals surface area contributed by atoms with Crippen LogP contribution in [-0.4, -0.2) is 5.91 Å². The topological polar surface area (TPSA) is 52.9 Å². The Hall–Kier alpha value is -3.64. The number of amides is 1. The number of carbonyl (C=O) groups excluding carboxylic acids is 1. The average Bonchev–Trinajstić information content (AvgIpc) is 2.72. The smallest absolute Gasteiger partial charge is 0.262 e. The third-order valence-corrected chi connectivity index (χ3v) is 4.02. The van der Waals surface area contributed by atoms with Gasteiger partial charge in [-0.3, -0.25) is 4.79 Å². The number of nitrogens with one attached hydrogen (secondary N) is 1. The summed E-state index contributed by atoms with van der Waals surface area (Å²) in [4.78, 5) is 12.7. The van der Waals surface area contributed by atoms with E-state index >= 15 is 0 Å². The van der Waals surface area contributed by atoms with Gasteiger partial charge in [0, 0.05) is 0 Å². The number of benzene rings is 3. The van der Waals surface area contributed by atoms with Gasteiger partial charge in [0.15, 0.2) is 0 Å². The second-order valence-corrected chi connectivity index (χ2v) is 5.81. The molecule has 0 unspecified atom stereocenters. The molecule has 1 amide bonds. The summed E-state index contributed by atoms with van der Waals surface area (Å²) in [6.07, 6.45) is 1.60. The average molecular weight is 338 g/mol. The standard InChI is InChI=1S/C23H18N2O/c24-17-21(16-18-10-4-1-5-11-18)23(26)25-22(19-12-6-2-7-13-19)20-14-8-3-9-15-20/h1-16,22H,(H,25,26)/b21-16+. The van der Waals surface area contributed by atoms with E-state index in [9.17, 15) is 10.1 Å². The molecule has 0 saturated heterocycles. The molecule has 3 aromatic carbocycles. The quantitative estimate of drug-likeness (QED) is 0.550. The number of carbonyl (C=O) groups is 1. The van der Waals surface area contributed by atoms with Crippen LogP contribution < -0.4 is 5.32 Å². The zero-order chi connectivity index (χ0) is 18.2. The largest absolute Gasteiger partial charge is 0.340 e. The third kappa shape index (κ3) is 4.25. The summed E-state index contributed by atoms with van der Waals surface area (Å²) in [7, 11) is 0. The molecule has 0 aliphatic rings. The number of nitrogens with zero attached hydrogens (tertiary/aromatic N) is 1. The van der Waals surface area contributed by atoms with Crippen LogP contribution in [0.1, 0.15) is 22.7 Å². The van der Waals surface area contributed by atoms with Gasteiger partial charge in [0.05, 0.1) is 6.04 Å². The number of nitriles is 1. The first-order valence-electron chi connectivity index (χ1n) is 8.35. The highest BCUT2D eigenvalue weighted by molar-refractivity contribution is 6.02. The van der Waals surface area contributed by atoms with E-state index in [0.29, 0.717) is 0 Å². The molecule has 0 aliphatic heterocycles. The predicted molar refractivity (Wildman–Crippen MR) is 103 cm³/mol. The van der Waals surface area contributed by atoms with E-state index in [1.165, 1.54) is 0 Å². The molecule has 1 N–H and O–H groups in total. The van der Waals surface area contributed by atoms with Crippen molar-refractivity contribution in [1.29, 1.82) is 5.26 Å². The molecule has 0 heterocycles. The number of hydrogen-bond donors (Lipinski definition) is 1. The highest BCUT2D eigenvalue weighted by Gasteiger charge is 2.19. The summed E-state index contributed by atoms with van der Waals surface area (Å²) in [5.74, 6) is -0.394. The van der Waals surface area contributed by atoms with Gasteiger partial charge >= 0.3 is 0 Å². The van der Waals surface area contributed by atoms with Crippen LogP contribution in [0.2, 0.25) is 0 Å². The van der Waals surface area contributed by atoms with E-state index in [-0.39, 0.29) is 11.6 Å². The van der Waals surface area contributed by atoms with Crippen LogP contribution >= 0.6 is 0 Å². The monoisotopic (exact) mass is 338 g/mol. The Morgan fingerprint density at radius 2 is 1.27 bits per heavy atom. The summed E-state index contributed by atoms with van der Waals surface area (Å²) < 4.78 is 0. The lowest BCUT2D eigenvalue weighted by Crippen LogP contribution is -2.30. The fraction of sp³-hybridized carbons (Fsp3) is 0.0435. The Morgan fingerprint density at radius 3 is 1.73 bits per heavy atom. The summed E-state index contributed by atoms with van der Waals surface area (Å²) >= 11 is 0. The van der Waals surface area contributed by atoms with Crippen molar-refractivity contribution in [2.45, 2.75) is 6.04 Å². The Bertz CT molecular complexity index is 887. The summed E-state index contributed by atoms with van der Waals surface area (Å²) in [6, 6.07) is 30.5. The van der Waals surface area contributed by atoms with Crippen molar-refractivity contribution >= 4 is 12.0 Å². The first-order chi connectivity index (χ1) is 12.8. The van der Waals surface area contributed by atoms with E-state index in [2.05, 4.69) is 5.32 Å². The normalized spacial score (nSPS) is 11.0. The van der Waals surface area contributed by atoms with Crippen LogP contribution in [0.15, 0.2) is 96.6 Å². The number of rotatable bonds is 5.